The Morgan fingerprint density at radius 1 is 1.25 bits per heavy atom. The first-order valence-corrected chi connectivity index (χ1v) is 5.86. The molecule has 0 saturated carbocycles. The number of sulfonamides is 1. The van der Waals surface area contributed by atoms with Crippen molar-refractivity contribution in [1.82, 2.24) is 0 Å². The lowest BCUT2D eigenvalue weighted by Gasteiger charge is -2.08. The number of amides is 1. The maximum absolute atomic E-state index is 11.5. The highest BCUT2D eigenvalue weighted by Crippen LogP contribution is 2.29. The molecule has 2 N–H and O–H groups in total. The SMILES string of the molecule is CN1C(=O)C(=O)c2cc(S(N)(=O)=O)ccc21. The first-order chi connectivity index (χ1) is 7.32. The van der Waals surface area contributed by atoms with Crippen molar-refractivity contribution in [3.05, 3.63) is 23.8 Å². The molecule has 6 nitrogen and oxygen atoms in total. The van der Waals surface area contributed by atoms with Gasteiger partial charge in [0.1, 0.15) is 0 Å². The Balaban J connectivity index is 2.67. The smallest absolute Gasteiger partial charge is 0.299 e. The quantitative estimate of drug-likeness (QED) is 0.668. The minimum atomic E-state index is -3.86. The molecule has 0 saturated heterocycles. The van der Waals surface area contributed by atoms with Crippen LogP contribution in [-0.2, 0) is 14.8 Å². The third-order valence-electron chi connectivity index (χ3n) is 2.40. The second-order valence-corrected chi connectivity index (χ2v) is 4.98. The molecule has 0 radical (unpaired) electrons. The molecule has 0 aliphatic carbocycles. The van der Waals surface area contributed by atoms with E-state index in [1.807, 2.05) is 0 Å². The molecule has 1 aromatic rings. The zero-order chi connectivity index (χ0) is 12.1. The summed E-state index contributed by atoms with van der Waals surface area (Å²) >= 11 is 0. The molecule has 0 bridgehead atoms. The summed E-state index contributed by atoms with van der Waals surface area (Å²) in [5.74, 6) is -1.40. The van der Waals surface area contributed by atoms with Gasteiger partial charge in [-0.3, -0.25) is 9.59 Å². The van der Waals surface area contributed by atoms with E-state index >= 15 is 0 Å². The first-order valence-electron chi connectivity index (χ1n) is 4.31. The second-order valence-electron chi connectivity index (χ2n) is 3.42. The Labute approximate surface area is 91.7 Å². The van der Waals surface area contributed by atoms with Crippen LogP contribution in [-0.4, -0.2) is 27.2 Å². The van der Waals surface area contributed by atoms with Crippen LogP contribution in [0.15, 0.2) is 23.1 Å². The van der Waals surface area contributed by atoms with Crippen LogP contribution in [0.5, 0.6) is 0 Å². The molecule has 1 heterocycles. The molecule has 1 aliphatic rings. The molecule has 1 aliphatic heterocycles. The van der Waals surface area contributed by atoms with Gasteiger partial charge in [0.2, 0.25) is 10.0 Å². The molecule has 0 aromatic heterocycles. The third-order valence-corrected chi connectivity index (χ3v) is 3.31. The number of carbonyl (C=O) groups excluding carboxylic acids is 2. The summed E-state index contributed by atoms with van der Waals surface area (Å²) in [7, 11) is -2.42. The van der Waals surface area contributed by atoms with Crippen LogP contribution < -0.4 is 10.0 Å². The lowest BCUT2D eigenvalue weighted by Crippen LogP contribution is -2.24. The van der Waals surface area contributed by atoms with Crippen LogP contribution >= 0.6 is 0 Å². The van der Waals surface area contributed by atoms with Gasteiger partial charge in [0.15, 0.2) is 0 Å². The number of anilines is 1. The van der Waals surface area contributed by atoms with Gasteiger partial charge in [-0.1, -0.05) is 0 Å². The molecule has 2 rings (SSSR count). The van der Waals surface area contributed by atoms with Gasteiger partial charge < -0.3 is 4.90 Å². The van der Waals surface area contributed by atoms with Gasteiger partial charge in [0.25, 0.3) is 11.7 Å². The lowest BCUT2D eigenvalue weighted by atomic mass is 10.1. The van der Waals surface area contributed by atoms with Crippen molar-refractivity contribution < 1.29 is 18.0 Å². The fraction of sp³-hybridized carbons (Fsp3) is 0.111. The molecule has 0 spiro atoms. The normalized spacial score (nSPS) is 15.5. The van der Waals surface area contributed by atoms with E-state index in [2.05, 4.69) is 0 Å². The topological polar surface area (TPSA) is 97.5 Å². The summed E-state index contributed by atoms with van der Waals surface area (Å²) < 4.78 is 22.1. The number of likely N-dealkylation sites (N-methyl/N-ethyl adjacent to an activating group) is 1. The summed E-state index contributed by atoms with van der Waals surface area (Å²) in [5, 5.41) is 4.93. The van der Waals surface area contributed by atoms with Gasteiger partial charge in [-0.05, 0) is 18.2 Å². The van der Waals surface area contributed by atoms with Gasteiger partial charge in [-0.25, -0.2) is 13.6 Å². The van der Waals surface area contributed by atoms with Crippen molar-refractivity contribution in [2.75, 3.05) is 11.9 Å². The number of nitrogens with zero attached hydrogens (tertiary/aromatic N) is 1. The van der Waals surface area contributed by atoms with Gasteiger partial charge in [0.05, 0.1) is 16.1 Å². The fourth-order valence-corrected chi connectivity index (χ4v) is 2.08. The number of benzene rings is 1. The van der Waals surface area contributed by atoms with E-state index in [4.69, 9.17) is 5.14 Å². The predicted octanol–water partition coefficient (Wildman–Crippen LogP) is -0.507. The summed E-state index contributed by atoms with van der Waals surface area (Å²) in [4.78, 5) is 23.8. The van der Waals surface area contributed by atoms with Gasteiger partial charge in [-0.15, -0.1) is 0 Å². The molecule has 7 heteroatoms. The summed E-state index contributed by atoms with van der Waals surface area (Å²) in [5.41, 5.74) is 0.460. The number of hydrogen-bond donors (Lipinski definition) is 1. The Bertz CT molecular complexity index is 606. The van der Waals surface area contributed by atoms with Crippen LogP contribution in [0.1, 0.15) is 10.4 Å². The van der Waals surface area contributed by atoms with E-state index in [-0.39, 0.29) is 10.5 Å². The van der Waals surface area contributed by atoms with Crippen LogP contribution in [0, 0.1) is 0 Å². The number of hydrogen-bond acceptors (Lipinski definition) is 4. The van der Waals surface area contributed by atoms with Crippen molar-refractivity contribution in [3.63, 3.8) is 0 Å². The van der Waals surface area contributed by atoms with Gasteiger partial charge >= 0.3 is 0 Å². The highest BCUT2D eigenvalue weighted by Gasteiger charge is 2.34. The molecule has 1 amide bonds. The largest absolute Gasteiger partial charge is 0.308 e. The van der Waals surface area contributed by atoms with Crippen molar-refractivity contribution in [2.45, 2.75) is 4.90 Å². The Kier molecular flexibility index (Phi) is 2.11. The highest BCUT2D eigenvalue weighted by molar-refractivity contribution is 7.89. The van der Waals surface area contributed by atoms with Crippen LogP contribution in [0.4, 0.5) is 5.69 Å². The molecule has 1 aromatic carbocycles. The Morgan fingerprint density at radius 2 is 1.88 bits per heavy atom. The molecule has 0 unspecified atom stereocenters. The average Bonchev–Trinajstić information content (AvgIpc) is 2.43. The van der Waals surface area contributed by atoms with E-state index in [9.17, 15) is 18.0 Å². The Morgan fingerprint density at radius 3 is 2.44 bits per heavy atom. The van der Waals surface area contributed by atoms with E-state index < -0.39 is 21.7 Å². The predicted molar refractivity (Wildman–Crippen MR) is 55.6 cm³/mol. The van der Waals surface area contributed by atoms with Crippen molar-refractivity contribution in [3.8, 4) is 0 Å². The van der Waals surface area contributed by atoms with E-state index in [1.54, 1.807) is 0 Å². The van der Waals surface area contributed by atoms with Crippen molar-refractivity contribution in [1.29, 1.82) is 0 Å². The summed E-state index contributed by atoms with van der Waals surface area (Å²) in [6.45, 7) is 0. The number of ketones is 1. The molecule has 84 valence electrons. The fourth-order valence-electron chi connectivity index (χ4n) is 1.54. The number of nitrogens with two attached hydrogens (primary N) is 1. The molecular formula is C9H8N2O4S. The van der Waals surface area contributed by atoms with E-state index in [0.29, 0.717) is 5.69 Å². The number of carbonyl (C=O) groups is 2. The average molecular weight is 240 g/mol. The van der Waals surface area contributed by atoms with Gasteiger partial charge in [-0.2, -0.15) is 0 Å². The first kappa shape index (κ1) is 10.8. The zero-order valence-electron chi connectivity index (χ0n) is 8.30. The number of Topliss-reactive ketones (excluding diaryl/α,β-unsaturated/α-hetero) is 1. The third kappa shape index (κ3) is 1.41. The molecular weight excluding hydrogens is 232 g/mol. The maximum atomic E-state index is 11.5. The van der Waals surface area contributed by atoms with Crippen molar-refractivity contribution in [2.24, 2.45) is 5.14 Å². The summed E-state index contributed by atoms with van der Waals surface area (Å²) in [6.07, 6.45) is 0. The lowest BCUT2D eigenvalue weighted by molar-refractivity contribution is -0.114. The summed E-state index contributed by atoms with van der Waals surface area (Å²) in [6, 6.07) is 3.77. The Hall–Kier alpha value is -1.73. The molecule has 0 fully saturated rings. The number of rotatable bonds is 1. The molecule has 0 atom stereocenters. The minimum Gasteiger partial charge on any atom is -0.308 e. The number of fused-ring (bicyclic) bond motifs is 1. The second kappa shape index (κ2) is 3.13. The van der Waals surface area contributed by atoms with Crippen LogP contribution in [0.2, 0.25) is 0 Å². The van der Waals surface area contributed by atoms with E-state index in [1.165, 1.54) is 24.1 Å². The van der Waals surface area contributed by atoms with Gasteiger partial charge in [0, 0.05) is 7.05 Å². The van der Waals surface area contributed by atoms with Crippen LogP contribution in [0.25, 0.3) is 0 Å². The van der Waals surface area contributed by atoms with Crippen molar-refractivity contribution >= 4 is 27.4 Å². The minimum absolute atomic E-state index is 0.0685. The standard InChI is InChI=1S/C9H8N2O4S/c1-11-7-3-2-5(16(10,14)15)4-6(7)8(12)9(11)13/h2-4H,1H3,(H2,10,14,15). The zero-order valence-corrected chi connectivity index (χ0v) is 9.11. The van der Waals surface area contributed by atoms with E-state index in [0.717, 1.165) is 6.07 Å². The number of primary sulfonamides is 1. The monoisotopic (exact) mass is 240 g/mol. The van der Waals surface area contributed by atoms with Crippen LogP contribution in [0.3, 0.4) is 0 Å². The molecule has 16 heavy (non-hydrogen) atoms. The maximum Gasteiger partial charge on any atom is 0.299 e. The highest BCUT2D eigenvalue weighted by atomic mass is 32.2.